The summed E-state index contributed by atoms with van der Waals surface area (Å²) in [7, 11) is -3.96. The Hall–Kier alpha value is -3.53. The first kappa shape index (κ1) is 24.2. The molecule has 0 radical (unpaired) electrons. The molecule has 5 rings (SSSR count). The predicted molar refractivity (Wildman–Crippen MR) is 129 cm³/mol. The number of alkyl halides is 2. The zero-order valence-corrected chi connectivity index (χ0v) is 20.2. The third-order valence-electron chi connectivity index (χ3n) is 6.96. The van der Waals surface area contributed by atoms with E-state index < -0.39 is 28.0 Å². The molecule has 1 amide bonds. The van der Waals surface area contributed by atoms with E-state index in [2.05, 4.69) is 4.98 Å². The minimum atomic E-state index is -3.96. The minimum Gasteiger partial charge on any atom is -0.443 e. The molecule has 0 atom stereocenters. The average molecular weight is 514 g/mol. The van der Waals surface area contributed by atoms with Crippen LogP contribution in [0, 0.1) is 0 Å². The van der Waals surface area contributed by atoms with Gasteiger partial charge in [0.05, 0.1) is 16.3 Å². The largest absolute Gasteiger partial charge is 0.443 e. The number of fused-ring (bicyclic) bond motifs is 2. The van der Waals surface area contributed by atoms with Gasteiger partial charge in [0.15, 0.2) is 0 Å². The summed E-state index contributed by atoms with van der Waals surface area (Å²) in [5.74, 6) is 0. The molecule has 1 saturated heterocycles. The number of hydrogen-bond acceptors (Lipinski definition) is 5. The normalized spacial score (nSPS) is 16.9. The molecule has 0 unspecified atom stereocenters. The number of aromatic nitrogens is 1. The van der Waals surface area contributed by atoms with Crippen LogP contribution < -0.4 is 4.31 Å². The highest BCUT2D eigenvalue weighted by Crippen LogP contribution is 2.48. The molecule has 0 saturated carbocycles. The SMILES string of the molecule is O=C(OCc1ccccn1)N1CCC2(CC1)CN(S(=O)(=O)c1ccc(C(F)F)cc1)c1ccccc12. The van der Waals surface area contributed by atoms with Gasteiger partial charge in [0.2, 0.25) is 0 Å². The van der Waals surface area contributed by atoms with Crippen LogP contribution in [0.2, 0.25) is 0 Å². The summed E-state index contributed by atoms with van der Waals surface area (Å²) in [5.41, 5.74) is 1.48. The van der Waals surface area contributed by atoms with Crippen LogP contribution in [-0.2, 0) is 26.8 Å². The number of piperidine rings is 1. The van der Waals surface area contributed by atoms with Crippen LogP contribution in [0.5, 0.6) is 0 Å². The molecule has 36 heavy (non-hydrogen) atoms. The zero-order chi connectivity index (χ0) is 25.3. The third kappa shape index (κ3) is 4.41. The van der Waals surface area contributed by atoms with Gasteiger partial charge in [-0.3, -0.25) is 9.29 Å². The van der Waals surface area contributed by atoms with Crippen molar-refractivity contribution in [2.24, 2.45) is 0 Å². The summed E-state index contributed by atoms with van der Waals surface area (Å²) < 4.78 is 59.8. The lowest BCUT2D eigenvalue weighted by Crippen LogP contribution is -2.48. The Morgan fingerprint density at radius 2 is 1.69 bits per heavy atom. The fourth-order valence-electron chi connectivity index (χ4n) is 4.97. The number of rotatable bonds is 5. The monoisotopic (exact) mass is 513 g/mol. The van der Waals surface area contributed by atoms with E-state index in [0.717, 1.165) is 17.7 Å². The summed E-state index contributed by atoms with van der Waals surface area (Å²) >= 11 is 0. The molecule has 2 aliphatic rings. The number of carbonyl (C=O) groups excluding carboxylic acids is 1. The molecule has 1 aromatic heterocycles. The quantitative estimate of drug-likeness (QED) is 0.485. The van der Waals surface area contributed by atoms with E-state index in [1.807, 2.05) is 18.2 Å². The number of hydrogen-bond donors (Lipinski definition) is 0. The lowest BCUT2D eigenvalue weighted by molar-refractivity contribution is 0.0782. The summed E-state index contributed by atoms with van der Waals surface area (Å²) in [4.78, 5) is 18.4. The van der Waals surface area contributed by atoms with E-state index in [1.165, 1.54) is 16.4 Å². The number of pyridine rings is 1. The number of carbonyl (C=O) groups is 1. The minimum absolute atomic E-state index is 0.0331. The third-order valence-corrected chi connectivity index (χ3v) is 8.73. The summed E-state index contributed by atoms with van der Waals surface area (Å²) in [6.07, 6.45) is -0.320. The first-order chi connectivity index (χ1) is 17.3. The molecule has 188 valence electrons. The van der Waals surface area contributed by atoms with Crippen molar-refractivity contribution in [2.75, 3.05) is 23.9 Å². The van der Waals surface area contributed by atoms with Crippen molar-refractivity contribution >= 4 is 21.8 Å². The number of sulfonamides is 1. The predicted octanol–water partition coefficient (Wildman–Crippen LogP) is 4.90. The van der Waals surface area contributed by atoms with Crippen molar-refractivity contribution in [1.29, 1.82) is 0 Å². The highest BCUT2D eigenvalue weighted by Gasteiger charge is 2.48. The van der Waals surface area contributed by atoms with Gasteiger partial charge in [-0.05, 0) is 48.7 Å². The zero-order valence-electron chi connectivity index (χ0n) is 19.4. The molecule has 0 bridgehead atoms. The maximum absolute atomic E-state index is 13.5. The molecule has 2 aromatic carbocycles. The van der Waals surface area contributed by atoms with Crippen molar-refractivity contribution in [1.82, 2.24) is 9.88 Å². The van der Waals surface area contributed by atoms with Gasteiger partial charge in [-0.15, -0.1) is 0 Å². The first-order valence-electron chi connectivity index (χ1n) is 11.6. The fourth-order valence-corrected chi connectivity index (χ4v) is 6.54. The number of para-hydroxylation sites is 1. The van der Waals surface area contributed by atoms with E-state index in [-0.39, 0.29) is 23.6 Å². The topological polar surface area (TPSA) is 79.8 Å². The second-order valence-electron chi connectivity index (χ2n) is 9.04. The fraction of sp³-hybridized carbons (Fsp3) is 0.308. The van der Waals surface area contributed by atoms with Crippen LogP contribution >= 0.6 is 0 Å². The second kappa shape index (κ2) is 9.50. The Kier molecular flexibility index (Phi) is 6.38. The van der Waals surface area contributed by atoms with E-state index in [1.54, 1.807) is 35.4 Å². The average Bonchev–Trinajstić information content (AvgIpc) is 3.23. The Balaban J connectivity index is 1.32. The molecule has 0 aliphatic carbocycles. The van der Waals surface area contributed by atoms with Gasteiger partial charge in [-0.1, -0.05) is 36.4 Å². The van der Waals surface area contributed by atoms with Crippen molar-refractivity contribution in [2.45, 2.75) is 36.2 Å². The summed E-state index contributed by atoms with van der Waals surface area (Å²) in [5, 5.41) is 0. The van der Waals surface area contributed by atoms with Crippen LogP contribution in [0.15, 0.2) is 77.8 Å². The second-order valence-corrected chi connectivity index (χ2v) is 10.9. The molecule has 3 heterocycles. The molecular formula is C26H25F2N3O4S. The van der Waals surface area contributed by atoms with Crippen LogP contribution in [0.25, 0.3) is 0 Å². The van der Waals surface area contributed by atoms with Gasteiger partial charge in [0.1, 0.15) is 6.61 Å². The van der Waals surface area contributed by atoms with Gasteiger partial charge in [-0.25, -0.2) is 22.0 Å². The Morgan fingerprint density at radius 1 is 1.00 bits per heavy atom. The maximum Gasteiger partial charge on any atom is 0.410 e. The van der Waals surface area contributed by atoms with E-state index >= 15 is 0 Å². The Labute approximate surface area is 208 Å². The van der Waals surface area contributed by atoms with Gasteiger partial charge < -0.3 is 9.64 Å². The molecule has 0 N–H and O–H groups in total. The van der Waals surface area contributed by atoms with Crippen molar-refractivity contribution < 1.29 is 26.7 Å². The van der Waals surface area contributed by atoms with Crippen LogP contribution in [0.1, 0.15) is 36.1 Å². The first-order valence-corrected chi connectivity index (χ1v) is 13.1. The molecule has 2 aliphatic heterocycles. The van der Waals surface area contributed by atoms with E-state index in [9.17, 15) is 22.0 Å². The number of amides is 1. The van der Waals surface area contributed by atoms with Crippen LogP contribution in [0.3, 0.4) is 0 Å². The van der Waals surface area contributed by atoms with Crippen LogP contribution in [-0.4, -0.2) is 44.0 Å². The van der Waals surface area contributed by atoms with Crippen molar-refractivity contribution in [3.05, 3.63) is 89.7 Å². The number of nitrogens with zero attached hydrogens (tertiary/aromatic N) is 3. The van der Waals surface area contributed by atoms with Crippen molar-refractivity contribution in [3.8, 4) is 0 Å². The molecule has 7 nitrogen and oxygen atoms in total. The number of halogens is 2. The molecule has 3 aromatic rings. The van der Waals surface area contributed by atoms with Crippen molar-refractivity contribution in [3.63, 3.8) is 0 Å². The van der Waals surface area contributed by atoms with Gasteiger partial charge in [0.25, 0.3) is 16.4 Å². The lowest BCUT2D eigenvalue weighted by atomic mass is 9.74. The van der Waals surface area contributed by atoms with Crippen LogP contribution in [0.4, 0.5) is 19.3 Å². The highest BCUT2D eigenvalue weighted by molar-refractivity contribution is 7.92. The number of ether oxygens (including phenoxy) is 1. The lowest BCUT2D eigenvalue weighted by Gasteiger charge is -2.39. The number of benzene rings is 2. The smallest absolute Gasteiger partial charge is 0.410 e. The van der Waals surface area contributed by atoms with Gasteiger partial charge in [0, 0.05) is 36.8 Å². The molecule has 1 spiro atoms. The standard InChI is InChI=1S/C26H25F2N3O4S/c27-24(28)19-8-10-21(11-9-19)36(33,34)31-18-26(22-6-1-2-7-23(22)31)12-15-30(16-13-26)25(32)35-17-20-5-3-4-14-29-20/h1-11,14,24H,12-13,15-18H2. The number of likely N-dealkylation sites (tertiary alicyclic amines) is 1. The Bertz CT molecular complexity index is 1340. The molecule has 1 fully saturated rings. The summed E-state index contributed by atoms with van der Waals surface area (Å²) in [6.45, 7) is 1.15. The Morgan fingerprint density at radius 3 is 2.36 bits per heavy atom. The maximum atomic E-state index is 13.5. The highest BCUT2D eigenvalue weighted by atomic mass is 32.2. The van der Waals surface area contributed by atoms with E-state index in [0.29, 0.717) is 37.3 Å². The summed E-state index contributed by atoms with van der Waals surface area (Å²) in [6, 6.07) is 17.5. The van der Waals surface area contributed by atoms with E-state index in [4.69, 9.17) is 4.74 Å². The van der Waals surface area contributed by atoms with Gasteiger partial charge >= 0.3 is 6.09 Å². The molecular weight excluding hydrogens is 488 g/mol. The number of anilines is 1. The van der Waals surface area contributed by atoms with Gasteiger partial charge in [-0.2, -0.15) is 0 Å². The molecule has 10 heteroatoms.